The topological polar surface area (TPSA) is 30.5 Å². The first-order valence-corrected chi connectivity index (χ1v) is 8.03. The molecule has 0 amide bonds. The van der Waals surface area contributed by atoms with Crippen LogP contribution >= 0.6 is 0 Å². The quantitative estimate of drug-likeness (QED) is 0.697. The van der Waals surface area contributed by atoms with Crippen LogP contribution in [-0.2, 0) is 0 Å². The van der Waals surface area contributed by atoms with Crippen LogP contribution in [0.15, 0.2) is 18.2 Å². The zero-order valence-corrected chi connectivity index (χ0v) is 14.4. The molecule has 0 bridgehead atoms. The van der Waals surface area contributed by atoms with Crippen molar-refractivity contribution in [2.75, 3.05) is 19.0 Å². The van der Waals surface area contributed by atoms with Crippen LogP contribution in [0.25, 0.3) is 0 Å². The van der Waals surface area contributed by atoms with Crippen molar-refractivity contribution in [2.45, 2.75) is 53.5 Å². The molecule has 0 radical (unpaired) electrons. The number of hydrogen-bond acceptors (Lipinski definition) is 3. The fraction of sp³-hybridized carbons (Fsp3) is 0.667. The molecule has 0 aliphatic carbocycles. The Labute approximate surface area is 130 Å². The molecule has 0 unspecified atom stereocenters. The van der Waals surface area contributed by atoms with Crippen LogP contribution in [0.2, 0.25) is 0 Å². The van der Waals surface area contributed by atoms with E-state index < -0.39 is 0 Å². The van der Waals surface area contributed by atoms with Crippen LogP contribution in [-0.4, -0.2) is 19.8 Å². The van der Waals surface area contributed by atoms with E-state index in [1.807, 2.05) is 19.1 Å². The van der Waals surface area contributed by atoms with E-state index in [9.17, 15) is 0 Å². The van der Waals surface area contributed by atoms with Crippen molar-refractivity contribution >= 4 is 5.69 Å². The van der Waals surface area contributed by atoms with E-state index in [0.717, 1.165) is 17.2 Å². The fourth-order valence-electron chi connectivity index (χ4n) is 2.62. The Hall–Kier alpha value is -1.38. The number of ether oxygens (including phenoxy) is 2. The van der Waals surface area contributed by atoms with Gasteiger partial charge in [-0.15, -0.1) is 0 Å². The molecule has 0 fully saturated rings. The van der Waals surface area contributed by atoms with Gasteiger partial charge < -0.3 is 14.8 Å². The van der Waals surface area contributed by atoms with Crippen LogP contribution in [0.4, 0.5) is 5.69 Å². The third kappa shape index (κ3) is 6.28. The Kier molecular flexibility index (Phi) is 7.41. The summed E-state index contributed by atoms with van der Waals surface area (Å²) in [5.74, 6) is 2.96. The molecule has 1 rings (SSSR count). The van der Waals surface area contributed by atoms with Gasteiger partial charge in [0.15, 0.2) is 11.5 Å². The number of nitrogens with one attached hydrogen (secondary N) is 1. The van der Waals surface area contributed by atoms with Crippen LogP contribution in [0.1, 0.15) is 47.5 Å². The molecule has 3 nitrogen and oxygen atoms in total. The number of rotatable bonds is 9. The van der Waals surface area contributed by atoms with Crippen molar-refractivity contribution in [3.63, 3.8) is 0 Å². The maximum absolute atomic E-state index is 5.56. The lowest BCUT2D eigenvalue weighted by molar-refractivity contribution is 0.311. The van der Waals surface area contributed by atoms with Crippen LogP contribution in [0, 0.1) is 11.8 Å². The number of methoxy groups -OCH3 is 1. The van der Waals surface area contributed by atoms with Crippen molar-refractivity contribution < 1.29 is 9.47 Å². The number of hydrogen-bond donors (Lipinski definition) is 1. The van der Waals surface area contributed by atoms with Crippen molar-refractivity contribution in [3.8, 4) is 11.5 Å². The van der Waals surface area contributed by atoms with E-state index in [1.165, 1.54) is 12.8 Å². The van der Waals surface area contributed by atoms with Gasteiger partial charge in [0.25, 0.3) is 0 Å². The normalized spacial score (nSPS) is 11.3. The summed E-state index contributed by atoms with van der Waals surface area (Å²) in [4.78, 5) is 0. The second-order valence-corrected chi connectivity index (χ2v) is 6.40. The summed E-state index contributed by atoms with van der Waals surface area (Å²) in [5, 5.41) is 3.65. The van der Waals surface area contributed by atoms with Crippen LogP contribution in [0.5, 0.6) is 11.5 Å². The van der Waals surface area contributed by atoms with Gasteiger partial charge in [0.2, 0.25) is 0 Å². The molecule has 1 aromatic rings. The summed E-state index contributed by atoms with van der Waals surface area (Å²) in [6.45, 7) is 11.7. The summed E-state index contributed by atoms with van der Waals surface area (Å²) < 4.78 is 11.0. The van der Waals surface area contributed by atoms with Gasteiger partial charge in [-0.3, -0.25) is 0 Å². The van der Waals surface area contributed by atoms with E-state index in [1.54, 1.807) is 7.11 Å². The van der Waals surface area contributed by atoms with Gasteiger partial charge in [-0.25, -0.2) is 0 Å². The molecule has 21 heavy (non-hydrogen) atoms. The van der Waals surface area contributed by atoms with Crippen molar-refractivity contribution in [3.05, 3.63) is 18.2 Å². The third-order valence-electron chi connectivity index (χ3n) is 3.35. The van der Waals surface area contributed by atoms with E-state index in [0.29, 0.717) is 24.5 Å². The average molecular weight is 293 g/mol. The number of anilines is 1. The Balaban J connectivity index is 2.82. The minimum Gasteiger partial charge on any atom is -0.493 e. The first-order valence-electron chi connectivity index (χ1n) is 8.03. The van der Waals surface area contributed by atoms with Crippen LogP contribution in [0.3, 0.4) is 0 Å². The zero-order valence-electron chi connectivity index (χ0n) is 14.4. The zero-order chi connectivity index (χ0) is 15.8. The second kappa shape index (κ2) is 8.81. The highest BCUT2D eigenvalue weighted by Gasteiger charge is 2.14. The van der Waals surface area contributed by atoms with Gasteiger partial charge in [-0.2, -0.15) is 0 Å². The largest absolute Gasteiger partial charge is 0.493 e. The summed E-state index contributed by atoms with van der Waals surface area (Å²) in [5.41, 5.74) is 1.10. The molecule has 0 aromatic heterocycles. The molecule has 3 heteroatoms. The Morgan fingerprint density at radius 1 is 1.00 bits per heavy atom. The Bertz CT molecular complexity index is 406. The maximum Gasteiger partial charge on any atom is 0.162 e. The Morgan fingerprint density at radius 2 is 1.62 bits per heavy atom. The highest BCUT2D eigenvalue weighted by molar-refractivity contribution is 5.55. The summed E-state index contributed by atoms with van der Waals surface area (Å²) >= 11 is 0. The average Bonchev–Trinajstić information content (AvgIpc) is 2.39. The van der Waals surface area contributed by atoms with Gasteiger partial charge in [0, 0.05) is 17.8 Å². The van der Waals surface area contributed by atoms with Crippen molar-refractivity contribution in [1.29, 1.82) is 0 Å². The predicted octanol–water partition coefficient (Wildman–Crippen LogP) is 4.97. The molecule has 0 saturated heterocycles. The lowest BCUT2D eigenvalue weighted by Crippen LogP contribution is -2.23. The number of benzene rings is 1. The molecule has 0 heterocycles. The molecular weight excluding hydrogens is 262 g/mol. The highest BCUT2D eigenvalue weighted by atomic mass is 16.5. The molecule has 0 spiro atoms. The van der Waals surface area contributed by atoms with Crippen LogP contribution < -0.4 is 14.8 Å². The molecule has 0 aliphatic rings. The smallest absolute Gasteiger partial charge is 0.162 e. The SMILES string of the molecule is CCOc1ccc(NC(CC(C)C)CC(C)C)cc1OC. The third-order valence-corrected chi connectivity index (χ3v) is 3.35. The van der Waals surface area contributed by atoms with Gasteiger partial charge >= 0.3 is 0 Å². The van der Waals surface area contributed by atoms with Gasteiger partial charge in [-0.05, 0) is 43.7 Å². The van der Waals surface area contributed by atoms with Crippen molar-refractivity contribution in [1.82, 2.24) is 0 Å². The first-order chi connectivity index (χ1) is 9.96. The fourth-order valence-corrected chi connectivity index (χ4v) is 2.62. The second-order valence-electron chi connectivity index (χ2n) is 6.40. The molecule has 0 saturated carbocycles. The minimum absolute atomic E-state index is 0.493. The highest BCUT2D eigenvalue weighted by Crippen LogP contribution is 2.31. The Morgan fingerprint density at radius 3 is 2.10 bits per heavy atom. The molecular formula is C18H31NO2. The van der Waals surface area contributed by atoms with Gasteiger partial charge in [0.05, 0.1) is 13.7 Å². The summed E-state index contributed by atoms with van der Waals surface area (Å²) in [7, 11) is 1.68. The molecule has 0 atom stereocenters. The van der Waals surface area contributed by atoms with E-state index in [2.05, 4.69) is 39.1 Å². The van der Waals surface area contributed by atoms with Crippen molar-refractivity contribution in [2.24, 2.45) is 11.8 Å². The lowest BCUT2D eigenvalue weighted by atomic mass is 9.95. The molecule has 0 aliphatic heterocycles. The molecule has 120 valence electrons. The standard InChI is InChI=1S/C18H31NO2/c1-7-21-17-9-8-15(12-18(17)20-6)19-16(10-13(2)3)11-14(4)5/h8-9,12-14,16,19H,7,10-11H2,1-6H3. The molecule has 1 aromatic carbocycles. The lowest BCUT2D eigenvalue weighted by Gasteiger charge is -2.24. The van der Waals surface area contributed by atoms with E-state index in [4.69, 9.17) is 9.47 Å². The van der Waals surface area contributed by atoms with Gasteiger partial charge in [0.1, 0.15) is 0 Å². The summed E-state index contributed by atoms with van der Waals surface area (Å²) in [6.07, 6.45) is 2.35. The monoisotopic (exact) mass is 293 g/mol. The predicted molar refractivity (Wildman–Crippen MR) is 90.5 cm³/mol. The van der Waals surface area contributed by atoms with E-state index in [-0.39, 0.29) is 0 Å². The van der Waals surface area contributed by atoms with Gasteiger partial charge in [-0.1, -0.05) is 27.7 Å². The minimum atomic E-state index is 0.493. The molecule has 1 N–H and O–H groups in total. The first kappa shape index (κ1) is 17.7. The maximum atomic E-state index is 5.56. The van der Waals surface area contributed by atoms with E-state index >= 15 is 0 Å². The summed E-state index contributed by atoms with van der Waals surface area (Å²) in [6, 6.07) is 6.57.